The molecule has 4 rings (SSSR count). The van der Waals surface area contributed by atoms with Gasteiger partial charge in [-0.2, -0.15) is 0 Å². The molecule has 0 bridgehead atoms. The van der Waals surface area contributed by atoms with Gasteiger partial charge in [-0.1, -0.05) is 30.3 Å². The Morgan fingerprint density at radius 3 is 2.61 bits per heavy atom. The molecule has 31 heavy (non-hydrogen) atoms. The molecule has 0 fully saturated rings. The summed E-state index contributed by atoms with van der Waals surface area (Å²) in [5.41, 5.74) is 3.26. The van der Waals surface area contributed by atoms with E-state index in [1.54, 1.807) is 13.0 Å². The first kappa shape index (κ1) is 20.7. The second-order valence-electron chi connectivity index (χ2n) is 7.61. The fourth-order valence-electron chi connectivity index (χ4n) is 3.77. The molecule has 7 heteroatoms. The van der Waals surface area contributed by atoms with Gasteiger partial charge in [-0.25, -0.2) is 14.4 Å². The molecule has 2 aromatic carbocycles. The number of aryl methyl sites for hydroxylation is 2. The third-order valence-corrected chi connectivity index (χ3v) is 5.45. The number of alkyl carbamates (subject to hydrolysis) is 1. The summed E-state index contributed by atoms with van der Waals surface area (Å²) in [6.45, 7) is 3.35. The zero-order valence-electron chi connectivity index (χ0n) is 17.4. The van der Waals surface area contributed by atoms with E-state index in [-0.39, 0.29) is 18.0 Å². The van der Waals surface area contributed by atoms with Crippen LogP contribution in [-0.2, 0) is 29.0 Å². The van der Waals surface area contributed by atoms with Gasteiger partial charge in [0.15, 0.2) is 0 Å². The normalized spacial score (nSPS) is 13.5. The smallest absolute Gasteiger partial charge is 0.408 e. The molecule has 0 saturated carbocycles. The number of rotatable bonds is 5. The number of benzene rings is 2. The van der Waals surface area contributed by atoms with Crippen LogP contribution < -0.4 is 15.7 Å². The number of esters is 1. The van der Waals surface area contributed by atoms with Crippen LogP contribution in [0.3, 0.4) is 0 Å². The topological polar surface area (TPSA) is 94.8 Å². The Hall–Kier alpha value is -3.61. The number of nitrogens with one attached hydrogen (secondary N) is 1. The molecule has 160 valence electrons. The molecule has 0 spiro atoms. The summed E-state index contributed by atoms with van der Waals surface area (Å²) in [4.78, 5) is 36.7. The van der Waals surface area contributed by atoms with E-state index < -0.39 is 18.1 Å². The van der Waals surface area contributed by atoms with Crippen molar-refractivity contribution < 1.29 is 23.5 Å². The van der Waals surface area contributed by atoms with E-state index in [4.69, 9.17) is 13.9 Å². The monoisotopic (exact) mass is 421 g/mol. The summed E-state index contributed by atoms with van der Waals surface area (Å²) in [5, 5.41) is 3.34. The van der Waals surface area contributed by atoms with E-state index in [9.17, 15) is 14.4 Å². The number of hydrogen-bond donors (Lipinski definition) is 1. The van der Waals surface area contributed by atoms with Crippen LogP contribution in [0.5, 0.6) is 5.75 Å². The van der Waals surface area contributed by atoms with Crippen molar-refractivity contribution in [2.75, 3.05) is 0 Å². The van der Waals surface area contributed by atoms with Gasteiger partial charge < -0.3 is 19.2 Å². The van der Waals surface area contributed by atoms with Crippen molar-refractivity contribution >= 4 is 23.0 Å². The minimum atomic E-state index is -0.926. The van der Waals surface area contributed by atoms with Crippen LogP contribution in [0.1, 0.15) is 35.6 Å². The molecular weight excluding hydrogens is 398 g/mol. The van der Waals surface area contributed by atoms with Gasteiger partial charge in [0.2, 0.25) is 0 Å². The molecule has 7 nitrogen and oxygen atoms in total. The molecule has 0 aliphatic heterocycles. The van der Waals surface area contributed by atoms with Gasteiger partial charge >= 0.3 is 17.7 Å². The lowest BCUT2D eigenvalue weighted by atomic mass is 10.0. The van der Waals surface area contributed by atoms with Gasteiger partial charge in [-0.05, 0) is 56.4 Å². The van der Waals surface area contributed by atoms with Crippen LogP contribution >= 0.6 is 0 Å². The van der Waals surface area contributed by atoms with Crippen molar-refractivity contribution in [1.82, 2.24) is 5.32 Å². The molecule has 1 amide bonds. The quantitative estimate of drug-likeness (QED) is 0.382. The highest BCUT2D eigenvalue weighted by atomic mass is 16.6. The zero-order chi connectivity index (χ0) is 22.0. The van der Waals surface area contributed by atoms with Gasteiger partial charge in [0, 0.05) is 16.5 Å². The average molecular weight is 421 g/mol. The molecule has 0 unspecified atom stereocenters. The first-order valence-electron chi connectivity index (χ1n) is 10.2. The molecule has 0 saturated heterocycles. The summed E-state index contributed by atoms with van der Waals surface area (Å²) in [6.07, 6.45) is 1.78. The SMILES string of the molecule is Cc1c(OC(=O)[C@@H](C)NC(=O)OCc2ccccc2)ccc2c3c(c(=O)oc12)CCC3. The maximum absolute atomic E-state index is 12.5. The minimum Gasteiger partial charge on any atom is -0.445 e. The standard InChI is InChI=1S/C24H23NO6/c1-14-20(12-11-18-17-9-6-10-19(17)23(27)31-21(14)18)30-22(26)15(2)25-24(28)29-13-16-7-4-3-5-8-16/h3-5,7-8,11-12,15H,6,9-10,13H2,1-2H3,(H,25,28)/t15-/m1/s1. The minimum absolute atomic E-state index is 0.0988. The summed E-state index contributed by atoms with van der Waals surface area (Å²) >= 11 is 0. The highest BCUT2D eigenvalue weighted by molar-refractivity contribution is 5.88. The third kappa shape index (κ3) is 4.30. The number of hydrogen-bond acceptors (Lipinski definition) is 6. The van der Waals surface area contributed by atoms with Crippen molar-refractivity contribution in [2.45, 2.75) is 45.8 Å². The van der Waals surface area contributed by atoms with E-state index in [1.165, 1.54) is 6.92 Å². The van der Waals surface area contributed by atoms with Crippen molar-refractivity contribution in [3.8, 4) is 5.75 Å². The Morgan fingerprint density at radius 2 is 1.84 bits per heavy atom. The predicted octanol–water partition coefficient (Wildman–Crippen LogP) is 3.81. The summed E-state index contributed by atoms with van der Waals surface area (Å²) in [7, 11) is 0. The van der Waals surface area contributed by atoms with Crippen LogP contribution in [0, 0.1) is 6.92 Å². The lowest BCUT2D eigenvalue weighted by Gasteiger charge is -2.15. The molecule has 0 radical (unpaired) electrons. The van der Waals surface area contributed by atoms with Gasteiger partial charge in [-0.15, -0.1) is 0 Å². The first-order chi connectivity index (χ1) is 14.9. The summed E-state index contributed by atoms with van der Waals surface area (Å²) in [6, 6.07) is 11.8. The van der Waals surface area contributed by atoms with E-state index in [0.717, 1.165) is 41.3 Å². The largest absolute Gasteiger partial charge is 0.445 e. The van der Waals surface area contributed by atoms with Gasteiger partial charge in [0.1, 0.15) is 24.0 Å². The lowest BCUT2D eigenvalue weighted by Crippen LogP contribution is -2.41. The third-order valence-electron chi connectivity index (χ3n) is 5.45. The van der Waals surface area contributed by atoms with Gasteiger partial charge in [0.25, 0.3) is 0 Å². The highest BCUT2D eigenvalue weighted by Gasteiger charge is 2.23. The van der Waals surface area contributed by atoms with Crippen molar-refractivity contribution in [3.05, 3.63) is 75.1 Å². The van der Waals surface area contributed by atoms with E-state index >= 15 is 0 Å². The Morgan fingerprint density at radius 1 is 1.10 bits per heavy atom. The van der Waals surface area contributed by atoms with Crippen LogP contribution in [-0.4, -0.2) is 18.1 Å². The Bertz CT molecular complexity index is 1200. The van der Waals surface area contributed by atoms with Gasteiger partial charge in [-0.3, -0.25) is 0 Å². The second kappa shape index (κ2) is 8.63. The van der Waals surface area contributed by atoms with Crippen molar-refractivity contribution in [1.29, 1.82) is 0 Å². The molecular formula is C24H23NO6. The summed E-state index contributed by atoms with van der Waals surface area (Å²) in [5.74, 6) is -0.368. The van der Waals surface area contributed by atoms with Crippen LogP contribution in [0.25, 0.3) is 11.0 Å². The molecule has 1 N–H and O–H groups in total. The summed E-state index contributed by atoms with van der Waals surface area (Å²) < 4.78 is 16.1. The van der Waals surface area contributed by atoms with Crippen molar-refractivity contribution in [3.63, 3.8) is 0 Å². The van der Waals surface area contributed by atoms with E-state index in [1.807, 2.05) is 36.4 Å². The Kier molecular flexibility index (Phi) is 5.75. The second-order valence-corrected chi connectivity index (χ2v) is 7.61. The fraction of sp³-hybridized carbons (Fsp3) is 0.292. The first-order valence-corrected chi connectivity index (χ1v) is 10.2. The lowest BCUT2D eigenvalue weighted by molar-refractivity contribution is -0.136. The molecule has 1 aromatic heterocycles. The van der Waals surface area contributed by atoms with E-state index in [2.05, 4.69) is 5.32 Å². The number of carbonyl (C=O) groups excluding carboxylic acids is 2. The number of fused-ring (bicyclic) bond motifs is 3. The number of ether oxygens (including phenoxy) is 2. The molecule has 1 aliphatic carbocycles. The molecule has 1 heterocycles. The number of carbonyl (C=O) groups is 2. The van der Waals surface area contributed by atoms with E-state index in [0.29, 0.717) is 11.1 Å². The molecule has 3 aromatic rings. The molecule has 1 atom stereocenters. The average Bonchev–Trinajstić information content (AvgIpc) is 3.26. The van der Waals surface area contributed by atoms with Crippen LogP contribution in [0.15, 0.2) is 51.7 Å². The predicted molar refractivity (Wildman–Crippen MR) is 114 cm³/mol. The Labute approximate surface area is 179 Å². The zero-order valence-corrected chi connectivity index (χ0v) is 17.4. The van der Waals surface area contributed by atoms with Gasteiger partial charge in [0.05, 0.1) is 0 Å². The fourth-order valence-corrected chi connectivity index (χ4v) is 3.77. The number of amides is 1. The Balaban J connectivity index is 1.43. The maximum atomic E-state index is 12.5. The van der Waals surface area contributed by atoms with Crippen LogP contribution in [0.2, 0.25) is 0 Å². The maximum Gasteiger partial charge on any atom is 0.408 e. The highest BCUT2D eigenvalue weighted by Crippen LogP contribution is 2.33. The molecule has 1 aliphatic rings. The van der Waals surface area contributed by atoms with Crippen molar-refractivity contribution in [2.24, 2.45) is 0 Å². The van der Waals surface area contributed by atoms with Crippen LogP contribution in [0.4, 0.5) is 4.79 Å².